The van der Waals surface area contributed by atoms with E-state index in [-0.39, 0.29) is 25.0 Å². The van der Waals surface area contributed by atoms with E-state index in [4.69, 9.17) is 14.7 Å². The molecule has 2 rings (SSSR count). The van der Waals surface area contributed by atoms with Gasteiger partial charge >= 0.3 is 12.5 Å². The molecular formula is C13H13F3N2O5. The highest BCUT2D eigenvalue weighted by atomic mass is 19.4. The van der Waals surface area contributed by atoms with Crippen molar-refractivity contribution < 1.29 is 37.4 Å². The lowest BCUT2D eigenvalue weighted by Crippen LogP contribution is -2.28. The zero-order valence-corrected chi connectivity index (χ0v) is 11.7. The first-order chi connectivity index (χ1) is 10.8. The van der Waals surface area contributed by atoms with Gasteiger partial charge in [0.2, 0.25) is 0 Å². The van der Waals surface area contributed by atoms with Crippen molar-refractivity contribution in [2.75, 3.05) is 13.2 Å². The lowest BCUT2D eigenvalue weighted by Gasteiger charge is -2.12. The molecule has 1 amide bonds. The van der Waals surface area contributed by atoms with Crippen molar-refractivity contribution in [3.05, 3.63) is 24.3 Å². The van der Waals surface area contributed by atoms with Crippen molar-refractivity contribution in [3.63, 3.8) is 0 Å². The van der Waals surface area contributed by atoms with Crippen LogP contribution in [0.4, 0.5) is 18.0 Å². The summed E-state index contributed by atoms with van der Waals surface area (Å²) in [7, 11) is 0. The van der Waals surface area contributed by atoms with Gasteiger partial charge in [0.25, 0.3) is 0 Å². The molecule has 2 N–H and O–H groups in total. The Labute approximate surface area is 128 Å². The lowest BCUT2D eigenvalue weighted by atomic mass is 10.2. The molecule has 0 saturated heterocycles. The summed E-state index contributed by atoms with van der Waals surface area (Å²) in [6, 6.07) is 4.95. The highest BCUT2D eigenvalue weighted by Crippen LogP contribution is 2.25. The Morgan fingerprint density at radius 2 is 2.00 bits per heavy atom. The molecular weight excluding hydrogens is 321 g/mol. The molecule has 0 radical (unpaired) electrons. The molecule has 1 aromatic carbocycles. The van der Waals surface area contributed by atoms with Crippen LogP contribution in [0.1, 0.15) is 6.42 Å². The van der Waals surface area contributed by atoms with Gasteiger partial charge < -0.3 is 24.7 Å². The van der Waals surface area contributed by atoms with Crippen LogP contribution in [0.2, 0.25) is 0 Å². The number of rotatable bonds is 6. The number of halogens is 3. The second kappa shape index (κ2) is 7.07. The first-order valence-corrected chi connectivity index (χ1v) is 6.49. The van der Waals surface area contributed by atoms with Crippen LogP contribution in [0.15, 0.2) is 29.4 Å². The molecule has 1 unspecified atom stereocenters. The van der Waals surface area contributed by atoms with Crippen molar-refractivity contribution in [2.45, 2.75) is 18.9 Å². The predicted octanol–water partition coefficient (Wildman–Crippen LogP) is 2.38. The van der Waals surface area contributed by atoms with E-state index in [1.54, 1.807) is 0 Å². The molecule has 0 fully saturated rings. The van der Waals surface area contributed by atoms with Crippen LogP contribution in [-0.4, -0.2) is 42.5 Å². The van der Waals surface area contributed by atoms with Crippen LogP contribution in [0.25, 0.3) is 0 Å². The minimum Gasteiger partial charge on any atom is -0.490 e. The number of amides is 1. The molecule has 0 aromatic heterocycles. The van der Waals surface area contributed by atoms with Gasteiger partial charge in [-0.15, -0.1) is 13.2 Å². The number of carbonyl (C=O) groups is 1. The molecule has 0 spiro atoms. The fraction of sp³-hybridized carbons (Fsp3) is 0.385. The number of nitrogens with zero attached hydrogens (tertiary/aromatic N) is 1. The molecule has 1 aliphatic heterocycles. The predicted molar refractivity (Wildman–Crippen MR) is 71.6 cm³/mol. The van der Waals surface area contributed by atoms with Crippen LogP contribution in [0, 0.1) is 0 Å². The lowest BCUT2D eigenvalue weighted by molar-refractivity contribution is -0.274. The number of nitrogens with one attached hydrogen (secondary N) is 1. The van der Waals surface area contributed by atoms with Crippen molar-refractivity contribution in [2.24, 2.45) is 5.16 Å². The van der Waals surface area contributed by atoms with Gasteiger partial charge in [-0.25, -0.2) is 4.79 Å². The van der Waals surface area contributed by atoms with E-state index < -0.39 is 12.5 Å². The van der Waals surface area contributed by atoms with Crippen molar-refractivity contribution in [3.8, 4) is 11.5 Å². The fourth-order valence-corrected chi connectivity index (χ4v) is 1.78. The normalized spacial score (nSPS) is 17.2. The highest BCUT2D eigenvalue weighted by molar-refractivity contribution is 5.89. The molecule has 1 aliphatic rings. The summed E-state index contributed by atoms with van der Waals surface area (Å²) < 4.78 is 45.2. The Bertz CT molecular complexity index is 574. The molecule has 10 heteroatoms. The number of alkyl halides is 3. The molecule has 126 valence electrons. The third-order valence-corrected chi connectivity index (χ3v) is 2.73. The standard InChI is InChI=1S/C13H13F3N2O5/c14-13(15,16)22-10-3-1-9(2-4-10)21-7-11-5-8(18-23-11)6-17-12(19)20/h1-4,11,17H,5-7H2,(H,19,20). The molecule has 7 nitrogen and oxygen atoms in total. The van der Waals surface area contributed by atoms with Crippen molar-refractivity contribution >= 4 is 11.8 Å². The van der Waals surface area contributed by atoms with Crippen molar-refractivity contribution in [1.29, 1.82) is 0 Å². The largest absolute Gasteiger partial charge is 0.573 e. The zero-order valence-electron chi connectivity index (χ0n) is 11.7. The number of hydrogen-bond acceptors (Lipinski definition) is 5. The highest BCUT2D eigenvalue weighted by Gasteiger charge is 2.31. The van der Waals surface area contributed by atoms with Gasteiger partial charge in [0.15, 0.2) is 6.10 Å². The van der Waals surface area contributed by atoms with E-state index in [0.29, 0.717) is 17.9 Å². The monoisotopic (exact) mass is 334 g/mol. The van der Waals surface area contributed by atoms with E-state index in [1.807, 2.05) is 0 Å². The number of oxime groups is 1. The molecule has 0 saturated carbocycles. The minimum atomic E-state index is -4.74. The minimum absolute atomic E-state index is 0.0648. The van der Waals surface area contributed by atoms with Crippen LogP contribution in [-0.2, 0) is 4.84 Å². The third-order valence-electron chi connectivity index (χ3n) is 2.73. The van der Waals surface area contributed by atoms with Gasteiger partial charge in [-0.1, -0.05) is 5.16 Å². The van der Waals surface area contributed by atoms with Gasteiger partial charge in [-0.2, -0.15) is 0 Å². The van der Waals surface area contributed by atoms with Crippen LogP contribution in [0.3, 0.4) is 0 Å². The molecule has 0 aliphatic carbocycles. The van der Waals surface area contributed by atoms with Crippen molar-refractivity contribution in [1.82, 2.24) is 5.32 Å². The summed E-state index contributed by atoms with van der Waals surface area (Å²) in [5.74, 6) is 0.00701. The maximum atomic E-state index is 12.0. The second-order valence-corrected chi connectivity index (χ2v) is 4.58. The van der Waals surface area contributed by atoms with E-state index in [9.17, 15) is 18.0 Å². The van der Waals surface area contributed by atoms with Gasteiger partial charge in [0.1, 0.15) is 18.1 Å². The number of benzene rings is 1. The smallest absolute Gasteiger partial charge is 0.490 e. The number of hydrogen-bond donors (Lipinski definition) is 2. The summed E-state index contributed by atoms with van der Waals surface area (Å²) in [5.41, 5.74) is 0.537. The molecule has 1 aromatic rings. The van der Waals surface area contributed by atoms with E-state index >= 15 is 0 Å². The number of carboxylic acid groups (broad SMARTS) is 1. The van der Waals surface area contributed by atoms with E-state index in [0.717, 1.165) is 12.1 Å². The van der Waals surface area contributed by atoms with Crippen LogP contribution in [0.5, 0.6) is 11.5 Å². The molecule has 1 atom stereocenters. The van der Waals surface area contributed by atoms with Crippen LogP contribution >= 0.6 is 0 Å². The molecule has 1 heterocycles. The van der Waals surface area contributed by atoms with Gasteiger partial charge in [-0.05, 0) is 24.3 Å². The van der Waals surface area contributed by atoms with Gasteiger partial charge in [0.05, 0.1) is 12.3 Å². The molecule has 0 bridgehead atoms. The zero-order chi connectivity index (χ0) is 16.9. The third kappa shape index (κ3) is 5.93. The summed E-state index contributed by atoms with van der Waals surface area (Å²) in [6.45, 7) is 0.189. The SMILES string of the molecule is O=C(O)NCC1=NOC(COc2ccc(OC(F)(F)F)cc2)C1. The average Bonchev–Trinajstić information content (AvgIpc) is 2.91. The van der Waals surface area contributed by atoms with Gasteiger partial charge in [0, 0.05) is 6.42 Å². The Morgan fingerprint density at radius 1 is 1.35 bits per heavy atom. The molecule has 23 heavy (non-hydrogen) atoms. The summed E-state index contributed by atoms with van der Waals surface area (Å²) in [5, 5.41) is 14.4. The Balaban J connectivity index is 1.74. The second-order valence-electron chi connectivity index (χ2n) is 4.58. The summed E-state index contributed by atoms with van der Waals surface area (Å²) >= 11 is 0. The number of ether oxygens (including phenoxy) is 2. The topological polar surface area (TPSA) is 89.4 Å². The van der Waals surface area contributed by atoms with E-state index in [2.05, 4.69) is 15.2 Å². The quantitative estimate of drug-likeness (QED) is 0.834. The van der Waals surface area contributed by atoms with Gasteiger partial charge in [-0.3, -0.25) is 0 Å². The Hall–Kier alpha value is -2.65. The maximum Gasteiger partial charge on any atom is 0.573 e. The summed E-state index contributed by atoms with van der Waals surface area (Å²) in [6.07, 6.45) is -5.88. The van der Waals surface area contributed by atoms with Crippen LogP contribution < -0.4 is 14.8 Å². The average molecular weight is 334 g/mol. The van der Waals surface area contributed by atoms with E-state index in [1.165, 1.54) is 12.1 Å². The Morgan fingerprint density at radius 3 is 2.61 bits per heavy atom. The summed E-state index contributed by atoms with van der Waals surface area (Å²) in [4.78, 5) is 15.4. The fourth-order valence-electron chi connectivity index (χ4n) is 1.78. The first-order valence-electron chi connectivity index (χ1n) is 6.49. The first kappa shape index (κ1) is 16.7. The maximum absolute atomic E-state index is 12.0. The Kier molecular flexibility index (Phi) is 5.14.